The van der Waals surface area contributed by atoms with Crippen LogP contribution in [0.4, 0.5) is 0 Å². The van der Waals surface area contributed by atoms with Gasteiger partial charge in [0.1, 0.15) is 5.75 Å². The van der Waals surface area contributed by atoms with Gasteiger partial charge in [0.05, 0.1) is 13.0 Å². The van der Waals surface area contributed by atoms with Gasteiger partial charge in [0, 0.05) is 13.0 Å². The van der Waals surface area contributed by atoms with Crippen LogP contribution < -0.4 is 10.1 Å². The Kier molecular flexibility index (Phi) is 6.43. The number of para-hydroxylation sites is 1. The molecule has 0 saturated carbocycles. The summed E-state index contributed by atoms with van der Waals surface area (Å²) in [6.45, 7) is 2.61. The summed E-state index contributed by atoms with van der Waals surface area (Å²) in [6, 6.07) is 7.70. The number of hydrogen-bond acceptors (Lipinski definition) is 3. The molecule has 1 aromatic carbocycles. The molecule has 5 heteroatoms. The summed E-state index contributed by atoms with van der Waals surface area (Å²) < 4.78 is 5.56. The summed E-state index contributed by atoms with van der Waals surface area (Å²) in [5, 5.41) is 11.0. The molecule has 0 aliphatic heterocycles. The molecule has 19 heavy (non-hydrogen) atoms. The van der Waals surface area contributed by atoms with Crippen molar-refractivity contribution in [3.8, 4) is 5.75 Å². The number of carbonyl (C=O) groups is 2. The lowest BCUT2D eigenvalue weighted by Crippen LogP contribution is -2.26. The lowest BCUT2D eigenvalue weighted by Gasteiger charge is -2.08. The summed E-state index contributed by atoms with van der Waals surface area (Å²) in [6.07, 6.45) is 0.893. The number of carboxylic acids is 1. The van der Waals surface area contributed by atoms with Gasteiger partial charge < -0.3 is 15.2 Å². The minimum Gasteiger partial charge on any atom is -0.493 e. The highest BCUT2D eigenvalue weighted by Crippen LogP contribution is 2.16. The molecule has 2 N–H and O–H groups in total. The zero-order chi connectivity index (χ0) is 14.1. The van der Waals surface area contributed by atoms with Crippen LogP contribution in [-0.4, -0.2) is 30.1 Å². The van der Waals surface area contributed by atoms with Crippen molar-refractivity contribution in [1.29, 1.82) is 0 Å². The summed E-state index contributed by atoms with van der Waals surface area (Å²) in [7, 11) is 0. The molecule has 0 heterocycles. The number of aryl methyl sites for hydroxylation is 1. The quantitative estimate of drug-likeness (QED) is 0.702. The second-order valence-corrected chi connectivity index (χ2v) is 4.21. The molecule has 1 amide bonds. The van der Waals surface area contributed by atoms with Crippen LogP contribution in [0.25, 0.3) is 0 Å². The van der Waals surface area contributed by atoms with E-state index >= 15 is 0 Å². The van der Waals surface area contributed by atoms with Crippen LogP contribution in [0.1, 0.15) is 24.8 Å². The van der Waals surface area contributed by atoms with Gasteiger partial charge in [0.15, 0.2) is 0 Å². The smallest absolute Gasteiger partial charge is 0.305 e. The van der Waals surface area contributed by atoms with Crippen molar-refractivity contribution in [3.05, 3.63) is 29.8 Å². The number of hydrogen-bond donors (Lipinski definition) is 2. The van der Waals surface area contributed by atoms with Gasteiger partial charge in [0.2, 0.25) is 5.91 Å². The van der Waals surface area contributed by atoms with Crippen molar-refractivity contribution in [2.45, 2.75) is 26.2 Å². The van der Waals surface area contributed by atoms with Crippen LogP contribution in [0.2, 0.25) is 0 Å². The van der Waals surface area contributed by atoms with Gasteiger partial charge in [-0.25, -0.2) is 0 Å². The molecule has 0 radical (unpaired) electrons. The first-order valence-corrected chi connectivity index (χ1v) is 6.26. The lowest BCUT2D eigenvalue weighted by atomic mass is 10.2. The molecule has 0 aliphatic rings. The van der Waals surface area contributed by atoms with Gasteiger partial charge in [-0.15, -0.1) is 0 Å². The second-order valence-electron chi connectivity index (χ2n) is 4.21. The first-order valence-electron chi connectivity index (χ1n) is 6.26. The molecule has 0 aliphatic carbocycles. The van der Waals surface area contributed by atoms with E-state index in [2.05, 4.69) is 5.32 Å². The summed E-state index contributed by atoms with van der Waals surface area (Å²) in [5.74, 6) is -0.230. The standard InChI is InChI=1S/C14H19NO4/c1-11-5-2-3-6-12(11)19-10-4-7-13(16)15-9-8-14(17)18/h2-3,5-6H,4,7-10H2,1H3,(H,15,16)(H,17,18). The minimum atomic E-state index is -0.914. The molecule has 0 unspecified atom stereocenters. The van der Waals surface area contributed by atoms with E-state index in [1.54, 1.807) is 0 Å². The van der Waals surface area contributed by atoms with E-state index in [4.69, 9.17) is 9.84 Å². The summed E-state index contributed by atoms with van der Waals surface area (Å²) >= 11 is 0. The predicted octanol–water partition coefficient (Wildman–Crippen LogP) is 1.74. The van der Waals surface area contributed by atoms with Gasteiger partial charge in [-0.2, -0.15) is 0 Å². The zero-order valence-corrected chi connectivity index (χ0v) is 11.0. The van der Waals surface area contributed by atoms with E-state index in [1.165, 1.54) is 0 Å². The SMILES string of the molecule is Cc1ccccc1OCCCC(=O)NCCC(=O)O. The highest BCUT2D eigenvalue weighted by molar-refractivity contribution is 5.76. The molecule has 0 aromatic heterocycles. The number of nitrogens with one attached hydrogen (secondary N) is 1. The van der Waals surface area contributed by atoms with Crippen LogP contribution >= 0.6 is 0 Å². The van der Waals surface area contributed by atoms with E-state index in [-0.39, 0.29) is 18.9 Å². The number of amides is 1. The van der Waals surface area contributed by atoms with Gasteiger partial charge >= 0.3 is 5.97 Å². The highest BCUT2D eigenvalue weighted by Gasteiger charge is 2.03. The van der Waals surface area contributed by atoms with E-state index in [1.807, 2.05) is 31.2 Å². The Morgan fingerprint density at radius 2 is 2.00 bits per heavy atom. The van der Waals surface area contributed by atoms with Crippen molar-refractivity contribution in [2.75, 3.05) is 13.2 Å². The molecule has 104 valence electrons. The number of benzene rings is 1. The third kappa shape index (κ3) is 6.45. The largest absolute Gasteiger partial charge is 0.493 e. The monoisotopic (exact) mass is 265 g/mol. The fourth-order valence-corrected chi connectivity index (χ4v) is 1.53. The molecule has 0 saturated heterocycles. The van der Waals surface area contributed by atoms with Crippen molar-refractivity contribution < 1.29 is 19.4 Å². The van der Waals surface area contributed by atoms with E-state index in [0.29, 0.717) is 19.4 Å². The van der Waals surface area contributed by atoms with Gasteiger partial charge in [-0.3, -0.25) is 9.59 Å². The molecular weight excluding hydrogens is 246 g/mol. The Bertz CT molecular complexity index is 431. The van der Waals surface area contributed by atoms with Crippen molar-refractivity contribution in [3.63, 3.8) is 0 Å². The first-order chi connectivity index (χ1) is 9.09. The summed E-state index contributed by atoms with van der Waals surface area (Å²) in [4.78, 5) is 21.6. The first kappa shape index (κ1) is 15.0. The van der Waals surface area contributed by atoms with Gasteiger partial charge in [-0.1, -0.05) is 18.2 Å². The molecule has 0 fully saturated rings. The van der Waals surface area contributed by atoms with Gasteiger partial charge in [0.25, 0.3) is 0 Å². The number of rotatable bonds is 8. The van der Waals surface area contributed by atoms with Gasteiger partial charge in [-0.05, 0) is 25.0 Å². The van der Waals surface area contributed by atoms with Crippen LogP contribution in [0.3, 0.4) is 0 Å². The molecule has 1 rings (SSSR count). The van der Waals surface area contributed by atoms with Crippen molar-refractivity contribution in [1.82, 2.24) is 5.32 Å². The average molecular weight is 265 g/mol. The normalized spacial score (nSPS) is 9.95. The average Bonchev–Trinajstić information content (AvgIpc) is 2.36. The lowest BCUT2D eigenvalue weighted by molar-refractivity contribution is -0.136. The molecule has 0 atom stereocenters. The minimum absolute atomic E-state index is 0.0501. The third-order valence-electron chi connectivity index (χ3n) is 2.56. The van der Waals surface area contributed by atoms with Crippen LogP contribution in [0.15, 0.2) is 24.3 Å². The van der Waals surface area contributed by atoms with Crippen LogP contribution in [-0.2, 0) is 9.59 Å². The molecule has 1 aromatic rings. The Balaban J connectivity index is 2.12. The number of aliphatic carboxylic acids is 1. The highest BCUT2D eigenvalue weighted by atomic mass is 16.5. The van der Waals surface area contributed by atoms with E-state index < -0.39 is 5.97 Å². The second kappa shape index (κ2) is 8.13. The third-order valence-corrected chi connectivity index (χ3v) is 2.56. The topological polar surface area (TPSA) is 75.6 Å². The Labute approximate surface area is 112 Å². The van der Waals surface area contributed by atoms with Crippen molar-refractivity contribution in [2.24, 2.45) is 0 Å². The Morgan fingerprint density at radius 3 is 2.68 bits per heavy atom. The maximum Gasteiger partial charge on any atom is 0.305 e. The maximum atomic E-state index is 11.3. The maximum absolute atomic E-state index is 11.3. The summed E-state index contributed by atoms with van der Waals surface area (Å²) in [5.41, 5.74) is 1.06. The number of carboxylic acid groups (broad SMARTS) is 1. The van der Waals surface area contributed by atoms with E-state index in [9.17, 15) is 9.59 Å². The predicted molar refractivity (Wildman–Crippen MR) is 71.2 cm³/mol. The Morgan fingerprint density at radius 1 is 1.26 bits per heavy atom. The Hall–Kier alpha value is -2.04. The number of ether oxygens (including phenoxy) is 1. The molecule has 0 bridgehead atoms. The fourth-order valence-electron chi connectivity index (χ4n) is 1.53. The fraction of sp³-hybridized carbons (Fsp3) is 0.429. The molecule has 5 nitrogen and oxygen atoms in total. The zero-order valence-electron chi connectivity index (χ0n) is 11.0. The van der Waals surface area contributed by atoms with Crippen molar-refractivity contribution >= 4 is 11.9 Å². The van der Waals surface area contributed by atoms with E-state index in [0.717, 1.165) is 11.3 Å². The van der Waals surface area contributed by atoms with Crippen LogP contribution in [0, 0.1) is 6.92 Å². The molecule has 0 spiro atoms. The molecular formula is C14H19NO4. The van der Waals surface area contributed by atoms with Crippen LogP contribution in [0.5, 0.6) is 5.75 Å². The number of carbonyl (C=O) groups excluding carboxylic acids is 1.